The van der Waals surface area contributed by atoms with E-state index in [1.54, 1.807) is 0 Å². The standard InChI is InChI=1S/C15H26O4/c1-11(2)9-13(16)10-14(17)12-3-5-15(6-4-12)18-7-8-19-15/h11-12,14,17H,3-10H2,1-2H3. The summed E-state index contributed by atoms with van der Waals surface area (Å²) in [6, 6.07) is 0. The van der Waals surface area contributed by atoms with Crippen LogP contribution < -0.4 is 0 Å². The molecule has 1 unspecified atom stereocenters. The van der Waals surface area contributed by atoms with Crippen LogP contribution in [0, 0.1) is 11.8 Å². The van der Waals surface area contributed by atoms with E-state index in [0.717, 1.165) is 25.7 Å². The van der Waals surface area contributed by atoms with Crippen molar-refractivity contribution in [3.8, 4) is 0 Å². The molecule has 0 aromatic rings. The molecule has 0 aromatic heterocycles. The van der Waals surface area contributed by atoms with Crippen LogP contribution in [0.25, 0.3) is 0 Å². The minimum absolute atomic E-state index is 0.177. The molecule has 1 atom stereocenters. The van der Waals surface area contributed by atoms with Crippen LogP contribution in [0.2, 0.25) is 0 Å². The minimum atomic E-state index is -0.495. The van der Waals surface area contributed by atoms with Gasteiger partial charge >= 0.3 is 0 Å². The van der Waals surface area contributed by atoms with E-state index in [4.69, 9.17) is 9.47 Å². The first-order valence-corrected chi connectivity index (χ1v) is 7.48. The monoisotopic (exact) mass is 270 g/mol. The highest BCUT2D eigenvalue weighted by molar-refractivity contribution is 5.79. The molecule has 19 heavy (non-hydrogen) atoms. The van der Waals surface area contributed by atoms with Crippen molar-refractivity contribution in [3.63, 3.8) is 0 Å². The summed E-state index contributed by atoms with van der Waals surface area (Å²) in [5, 5.41) is 10.2. The van der Waals surface area contributed by atoms with Crippen molar-refractivity contribution in [2.45, 2.75) is 64.3 Å². The summed E-state index contributed by atoms with van der Waals surface area (Å²) in [4.78, 5) is 11.7. The number of rotatable bonds is 5. The summed E-state index contributed by atoms with van der Waals surface area (Å²) in [7, 11) is 0. The van der Waals surface area contributed by atoms with Gasteiger partial charge in [0, 0.05) is 25.7 Å². The highest BCUT2D eigenvalue weighted by atomic mass is 16.7. The zero-order chi connectivity index (χ0) is 13.9. The van der Waals surface area contributed by atoms with E-state index in [1.807, 2.05) is 13.8 Å². The van der Waals surface area contributed by atoms with Gasteiger partial charge in [-0.2, -0.15) is 0 Å². The van der Waals surface area contributed by atoms with Crippen LogP contribution in [-0.4, -0.2) is 36.0 Å². The van der Waals surface area contributed by atoms with Crippen molar-refractivity contribution in [2.24, 2.45) is 11.8 Å². The molecule has 110 valence electrons. The Balaban J connectivity index is 1.75. The number of carbonyl (C=O) groups excluding carboxylic acids is 1. The van der Waals surface area contributed by atoms with Crippen LogP contribution in [0.15, 0.2) is 0 Å². The van der Waals surface area contributed by atoms with Gasteiger partial charge in [0.2, 0.25) is 0 Å². The number of hydrogen-bond donors (Lipinski definition) is 1. The molecule has 2 fully saturated rings. The normalized spacial score (nSPS) is 25.1. The van der Waals surface area contributed by atoms with Crippen molar-refractivity contribution in [3.05, 3.63) is 0 Å². The number of hydrogen-bond acceptors (Lipinski definition) is 4. The van der Waals surface area contributed by atoms with Crippen LogP contribution in [0.5, 0.6) is 0 Å². The summed E-state index contributed by atoms with van der Waals surface area (Å²) < 4.78 is 11.3. The van der Waals surface area contributed by atoms with Gasteiger partial charge in [0.1, 0.15) is 5.78 Å². The molecule has 1 saturated carbocycles. The number of aliphatic hydroxyl groups excluding tert-OH is 1. The molecule has 1 aliphatic heterocycles. The Bertz CT molecular complexity index is 297. The molecule has 1 saturated heterocycles. The largest absolute Gasteiger partial charge is 0.392 e. The zero-order valence-electron chi connectivity index (χ0n) is 12.1. The summed E-state index contributed by atoms with van der Waals surface area (Å²) in [5.41, 5.74) is 0. The van der Waals surface area contributed by atoms with Crippen LogP contribution in [0.3, 0.4) is 0 Å². The lowest BCUT2D eigenvalue weighted by molar-refractivity contribution is -0.187. The predicted octanol–water partition coefficient (Wildman–Crippen LogP) is 2.29. The highest BCUT2D eigenvalue weighted by Crippen LogP contribution is 2.39. The third-order valence-electron chi connectivity index (χ3n) is 4.22. The molecule has 2 aliphatic rings. The van der Waals surface area contributed by atoms with E-state index in [0.29, 0.717) is 32.0 Å². The van der Waals surface area contributed by atoms with Gasteiger partial charge in [-0.05, 0) is 24.7 Å². The highest BCUT2D eigenvalue weighted by Gasteiger charge is 2.41. The summed E-state index contributed by atoms with van der Waals surface area (Å²) >= 11 is 0. The van der Waals surface area contributed by atoms with Crippen molar-refractivity contribution < 1.29 is 19.4 Å². The molecule has 0 aromatic carbocycles. The molecule has 2 rings (SSSR count). The van der Waals surface area contributed by atoms with E-state index >= 15 is 0 Å². The summed E-state index contributed by atoms with van der Waals surface area (Å²) in [5.74, 6) is 0.387. The Labute approximate surface area is 115 Å². The second-order valence-electron chi connectivity index (χ2n) is 6.35. The van der Waals surface area contributed by atoms with Gasteiger partial charge in [0.05, 0.1) is 19.3 Å². The number of aliphatic hydroxyl groups is 1. The third-order valence-corrected chi connectivity index (χ3v) is 4.22. The van der Waals surface area contributed by atoms with Gasteiger partial charge in [-0.3, -0.25) is 4.79 Å². The van der Waals surface area contributed by atoms with Crippen molar-refractivity contribution >= 4 is 5.78 Å². The Morgan fingerprint density at radius 2 is 1.79 bits per heavy atom. The maximum Gasteiger partial charge on any atom is 0.168 e. The van der Waals surface area contributed by atoms with Crippen molar-refractivity contribution in [1.82, 2.24) is 0 Å². The fourth-order valence-electron chi connectivity index (χ4n) is 3.19. The maximum absolute atomic E-state index is 11.7. The number of Topliss-reactive ketones (excluding diaryl/α,β-unsaturated/α-hetero) is 1. The lowest BCUT2D eigenvalue weighted by atomic mass is 9.80. The first-order chi connectivity index (χ1) is 9.01. The van der Waals surface area contributed by atoms with Crippen LogP contribution in [0.4, 0.5) is 0 Å². The third kappa shape index (κ3) is 4.01. The van der Waals surface area contributed by atoms with E-state index in [9.17, 15) is 9.90 Å². The van der Waals surface area contributed by atoms with Gasteiger partial charge in [-0.15, -0.1) is 0 Å². The molecule has 1 spiro atoms. The Morgan fingerprint density at radius 1 is 1.21 bits per heavy atom. The van der Waals surface area contributed by atoms with E-state index < -0.39 is 6.10 Å². The maximum atomic E-state index is 11.7. The van der Waals surface area contributed by atoms with Gasteiger partial charge in [-0.1, -0.05) is 13.8 Å². The second-order valence-corrected chi connectivity index (χ2v) is 6.35. The second kappa shape index (κ2) is 6.33. The molecule has 4 nitrogen and oxygen atoms in total. The Morgan fingerprint density at radius 3 is 2.32 bits per heavy atom. The molecular weight excluding hydrogens is 244 g/mol. The van der Waals surface area contributed by atoms with Gasteiger partial charge in [0.25, 0.3) is 0 Å². The van der Waals surface area contributed by atoms with Crippen LogP contribution in [-0.2, 0) is 14.3 Å². The fraction of sp³-hybridized carbons (Fsp3) is 0.933. The van der Waals surface area contributed by atoms with Gasteiger partial charge in [-0.25, -0.2) is 0 Å². The van der Waals surface area contributed by atoms with E-state index in [2.05, 4.69) is 0 Å². The quantitative estimate of drug-likeness (QED) is 0.832. The van der Waals surface area contributed by atoms with Gasteiger partial charge < -0.3 is 14.6 Å². The number of ether oxygens (including phenoxy) is 2. The molecular formula is C15H26O4. The molecule has 0 radical (unpaired) electrons. The Kier molecular flexibility index (Phi) is 4.98. The zero-order valence-corrected chi connectivity index (χ0v) is 12.1. The van der Waals surface area contributed by atoms with E-state index in [1.165, 1.54) is 0 Å². The lowest BCUT2D eigenvalue weighted by Crippen LogP contribution is -2.38. The van der Waals surface area contributed by atoms with Crippen LogP contribution >= 0.6 is 0 Å². The topological polar surface area (TPSA) is 55.8 Å². The average molecular weight is 270 g/mol. The fourth-order valence-corrected chi connectivity index (χ4v) is 3.19. The number of carbonyl (C=O) groups is 1. The SMILES string of the molecule is CC(C)CC(=O)CC(O)C1CCC2(CC1)OCCO2. The van der Waals surface area contributed by atoms with Crippen molar-refractivity contribution in [1.29, 1.82) is 0 Å². The molecule has 0 bridgehead atoms. The van der Waals surface area contributed by atoms with E-state index in [-0.39, 0.29) is 17.5 Å². The first-order valence-electron chi connectivity index (χ1n) is 7.48. The average Bonchev–Trinajstić information content (AvgIpc) is 2.77. The van der Waals surface area contributed by atoms with Gasteiger partial charge in [0.15, 0.2) is 5.79 Å². The lowest BCUT2D eigenvalue weighted by Gasteiger charge is -2.37. The molecule has 0 amide bonds. The van der Waals surface area contributed by atoms with Crippen LogP contribution in [0.1, 0.15) is 52.4 Å². The number of ketones is 1. The summed E-state index contributed by atoms with van der Waals surface area (Å²) in [6.07, 6.45) is 3.83. The first kappa shape index (κ1) is 14.9. The molecule has 1 heterocycles. The minimum Gasteiger partial charge on any atom is -0.392 e. The molecule has 1 aliphatic carbocycles. The molecule has 1 N–H and O–H groups in total. The molecule has 4 heteroatoms. The Hall–Kier alpha value is -0.450. The smallest absolute Gasteiger partial charge is 0.168 e. The predicted molar refractivity (Wildman–Crippen MR) is 71.7 cm³/mol. The van der Waals surface area contributed by atoms with Crippen molar-refractivity contribution in [2.75, 3.05) is 13.2 Å². The summed E-state index contributed by atoms with van der Waals surface area (Å²) in [6.45, 7) is 5.42.